The smallest absolute Gasteiger partial charge is 0.229 e. The molecule has 1 fully saturated rings. The molecular formula is C26H22BrFN4O4S2. The Labute approximate surface area is 233 Å². The number of nitrogens with one attached hydrogen (secondary N) is 2. The van der Waals surface area contributed by atoms with Crippen molar-refractivity contribution in [3.05, 3.63) is 94.7 Å². The fourth-order valence-electron chi connectivity index (χ4n) is 4.39. The van der Waals surface area contributed by atoms with Gasteiger partial charge in [0.2, 0.25) is 10.0 Å². The normalized spacial score (nSPS) is 17.4. The molecule has 4 aromatic rings. The van der Waals surface area contributed by atoms with Gasteiger partial charge in [0.25, 0.3) is 0 Å². The van der Waals surface area contributed by atoms with Crippen molar-refractivity contribution in [2.24, 2.45) is 0 Å². The predicted octanol–water partition coefficient (Wildman–Crippen LogP) is 5.80. The minimum absolute atomic E-state index is 0.269. The van der Waals surface area contributed by atoms with Gasteiger partial charge >= 0.3 is 0 Å². The van der Waals surface area contributed by atoms with Gasteiger partial charge in [-0.05, 0) is 88.8 Å². The lowest BCUT2D eigenvalue weighted by molar-refractivity contribution is 0.416. The third kappa shape index (κ3) is 5.24. The Bertz CT molecular complexity index is 1610. The third-order valence-electron chi connectivity index (χ3n) is 5.97. The number of thiocarbonyl (C=S) groups is 1. The van der Waals surface area contributed by atoms with Gasteiger partial charge in [-0.15, -0.1) is 0 Å². The van der Waals surface area contributed by atoms with Crippen LogP contribution in [0.5, 0.6) is 5.75 Å². The Morgan fingerprint density at radius 2 is 1.97 bits per heavy atom. The Hall–Kier alpha value is -3.48. The molecule has 0 amide bonds. The molecule has 0 bridgehead atoms. The molecule has 1 aliphatic heterocycles. The monoisotopic (exact) mass is 616 g/mol. The van der Waals surface area contributed by atoms with Crippen LogP contribution in [0.15, 0.2) is 81.8 Å². The third-order valence-corrected chi connectivity index (χ3v) is 7.53. The topological polar surface area (TPSA) is 96.7 Å². The molecule has 0 unspecified atom stereocenters. The molecule has 12 heteroatoms. The second-order valence-corrected chi connectivity index (χ2v) is 11.6. The standard InChI is InChI=1S/C26H22BrFN4O4S2/c1-35-22-9-7-16(14-20(22)31-38(2,33)34)32-25(24(30-26(32)37)19-5-3-4-12-29-19)23-11-10-21(36-23)17-8-6-15(28)13-18(17)27/h3-14,24-25,31H,1-2H3,(H,30,37)/t24-,25+/m1/s1. The van der Waals surface area contributed by atoms with Crippen LogP contribution in [0.4, 0.5) is 15.8 Å². The fourth-order valence-corrected chi connectivity index (χ4v) is 5.84. The first-order valence-corrected chi connectivity index (χ1v) is 14.5. The van der Waals surface area contributed by atoms with E-state index in [-0.39, 0.29) is 17.5 Å². The number of ether oxygens (including phenoxy) is 1. The molecule has 38 heavy (non-hydrogen) atoms. The van der Waals surface area contributed by atoms with Crippen LogP contribution in [0.25, 0.3) is 11.3 Å². The Kier molecular flexibility index (Phi) is 7.12. The van der Waals surface area contributed by atoms with Crippen molar-refractivity contribution < 1.29 is 22.0 Å². The number of rotatable bonds is 7. The van der Waals surface area contributed by atoms with Crippen molar-refractivity contribution in [2.45, 2.75) is 12.1 Å². The molecule has 2 aromatic heterocycles. The highest BCUT2D eigenvalue weighted by molar-refractivity contribution is 9.10. The van der Waals surface area contributed by atoms with E-state index in [0.717, 1.165) is 11.9 Å². The molecule has 2 aromatic carbocycles. The lowest BCUT2D eigenvalue weighted by Gasteiger charge is -2.27. The largest absolute Gasteiger partial charge is 0.495 e. The molecule has 1 saturated heterocycles. The summed E-state index contributed by atoms with van der Waals surface area (Å²) in [5, 5.41) is 3.74. The molecule has 5 rings (SSSR count). The van der Waals surface area contributed by atoms with Crippen LogP contribution in [0, 0.1) is 5.82 Å². The van der Waals surface area contributed by atoms with Crippen LogP contribution in [-0.2, 0) is 10.0 Å². The quantitative estimate of drug-likeness (QED) is 0.251. The number of pyridine rings is 1. The number of furan rings is 1. The summed E-state index contributed by atoms with van der Waals surface area (Å²) in [6.07, 6.45) is 2.77. The van der Waals surface area contributed by atoms with Crippen LogP contribution in [0.2, 0.25) is 0 Å². The summed E-state index contributed by atoms with van der Waals surface area (Å²) in [5.74, 6) is 1.11. The van der Waals surface area contributed by atoms with Gasteiger partial charge in [0, 0.05) is 21.9 Å². The van der Waals surface area contributed by atoms with Gasteiger partial charge in [0.05, 0.1) is 30.8 Å². The summed E-state index contributed by atoms with van der Waals surface area (Å²) in [4.78, 5) is 6.38. The summed E-state index contributed by atoms with van der Waals surface area (Å²) in [6, 6.07) is 17.9. The Morgan fingerprint density at radius 1 is 1.16 bits per heavy atom. The van der Waals surface area contributed by atoms with Gasteiger partial charge in [-0.1, -0.05) is 6.07 Å². The van der Waals surface area contributed by atoms with Gasteiger partial charge in [-0.2, -0.15) is 0 Å². The van der Waals surface area contributed by atoms with E-state index >= 15 is 0 Å². The molecule has 3 heterocycles. The van der Waals surface area contributed by atoms with Crippen molar-refractivity contribution in [1.29, 1.82) is 0 Å². The maximum absolute atomic E-state index is 13.7. The number of nitrogens with zero attached hydrogens (tertiary/aromatic N) is 2. The number of aromatic nitrogens is 1. The average Bonchev–Trinajstić information content (AvgIpc) is 3.48. The van der Waals surface area contributed by atoms with Crippen LogP contribution in [-0.4, -0.2) is 31.9 Å². The second-order valence-electron chi connectivity index (χ2n) is 8.58. The van der Waals surface area contributed by atoms with Crippen molar-refractivity contribution in [1.82, 2.24) is 10.3 Å². The highest BCUT2D eigenvalue weighted by atomic mass is 79.9. The van der Waals surface area contributed by atoms with E-state index in [1.807, 2.05) is 35.2 Å². The lowest BCUT2D eigenvalue weighted by Crippen LogP contribution is -2.29. The molecule has 0 spiro atoms. The number of hydrogen-bond acceptors (Lipinski definition) is 6. The molecule has 2 atom stereocenters. The number of methoxy groups -OCH3 is 1. The molecule has 0 saturated carbocycles. The molecule has 0 aliphatic carbocycles. The first-order chi connectivity index (χ1) is 18.1. The molecule has 0 radical (unpaired) electrons. The van der Waals surface area contributed by atoms with Gasteiger partial charge in [-0.25, -0.2) is 12.8 Å². The van der Waals surface area contributed by atoms with Crippen LogP contribution >= 0.6 is 28.1 Å². The molecule has 2 N–H and O–H groups in total. The van der Waals surface area contributed by atoms with Crippen molar-refractivity contribution >= 4 is 54.7 Å². The van der Waals surface area contributed by atoms with E-state index in [1.54, 1.807) is 30.5 Å². The first kappa shape index (κ1) is 26.1. The number of sulfonamides is 1. The van der Waals surface area contributed by atoms with Crippen LogP contribution < -0.4 is 19.7 Å². The van der Waals surface area contributed by atoms with Crippen molar-refractivity contribution in [2.75, 3.05) is 23.0 Å². The van der Waals surface area contributed by atoms with E-state index in [9.17, 15) is 12.8 Å². The zero-order valence-corrected chi connectivity index (χ0v) is 23.4. The molecule has 196 valence electrons. The minimum atomic E-state index is -3.57. The van der Waals surface area contributed by atoms with Gasteiger partial charge in [0.1, 0.15) is 29.1 Å². The summed E-state index contributed by atoms with van der Waals surface area (Å²) in [6.45, 7) is 0. The molecule has 8 nitrogen and oxygen atoms in total. The SMILES string of the molecule is COc1ccc(N2C(=S)N[C@H](c3ccccn3)[C@@H]2c2ccc(-c3ccc(F)cc3Br)o2)cc1NS(C)(=O)=O. The average molecular weight is 618 g/mol. The number of benzene rings is 2. The van der Waals surface area contributed by atoms with Crippen molar-refractivity contribution in [3.63, 3.8) is 0 Å². The van der Waals surface area contributed by atoms with Crippen LogP contribution in [0.1, 0.15) is 23.5 Å². The zero-order valence-electron chi connectivity index (χ0n) is 20.2. The summed E-state index contributed by atoms with van der Waals surface area (Å²) in [7, 11) is -2.11. The van der Waals surface area contributed by atoms with Crippen LogP contribution in [0.3, 0.4) is 0 Å². The van der Waals surface area contributed by atoms with Gasteiger partial charge in [-0.3, -0.25) is 9.71 Å². The maximum Gasteiger partial charge on any atom is 0.229 e. The van der Waals surface area contributed by atoms with Gasteiger partial charge < -0.3 is 19.4 Å². The fraction of sp³-hybridized carbons (Fsp3) is 0.154. The summed E-state index contributed by atoms with van der Waals surface area (Å²) >= 11 is 9.16. The number of hydrogen-bond donors (Lipinski definition) is 2. The number of anilines is 2. The minimum Gasteiger partial charge on any atom is -0.495 e. The number of halogens is 2. The highest BCUT2D eigenvalue weighted by Gasteiger charge is 2.43. The summed E-state index contributed by atoms with van der Waals surface area (Å²) < 4.78 is 52.4. The van der Waals surface area contributed by atoms with E-state index in [4.69, 9.17) is 21.4 Å². The van der Waals surface area contributed by atoms with E-state index < -0.39 is 16.1 Å². The van der Waals surface area contributed by atoms with E-state index in [0.29, 0.717) is 38.1 Å². The van der Waals surface area contributed by atoms with Gasteiger partial charge in [0.15, 0.2) is 5.11 Å². The lowest BCUT2D eigenvalue weighted by atomic mass is 10.0. The second kappa shape index (κ2) is 10.4. The van der Waals surface area contributed by atoms with Crippen molar-refractivity contribution in [3.8, 4) is 17.1 Å². The zero-order chi connectivity index (χ0) is 27.0. The van der Waals surface area contributed by atoms with E-state index in [2.05, 4.69) is 31.0 Å². The first-order valence-electron chi connectivity index (χ1n) is 11.4. The molecule has 1 aliphatic rings. The summed E-state index contributed by atoms with van der Waals surface area (Å²) in [5.41, 5.74) is 2.31. The molecular weight excluding hydrogens is 595 g/mol. The maximum atomic E-state index is 13.7. The Morgan fingerprint density at radius 3 is 2.66 bits per heavy atom. The predicted molar refractivity (Wildman–Crippen MR) is 151 cm³/mol. The van der Waals surface area contributed by atoms with E-state index in [1.165, 1.54) is 19.2 Å². The Balaban J connectivity index is 1.62. The highest BCUT2D eigenvalue weighted by Crippen LogP contribution is 2.44.